The number of nitrogens with zero attached hydrogens (tertiary/aromatic N) is 1. The van der Waals surface area contributed by atoms with E-state index in [2.05, 4.69) is 4.98 Å². The molecule has 5 heteroatoms. The van der Waals surface area contributed by atoms with E-state index >= 15 is 0 Å². The molecule has 1 amide bonds. The molecule has 1 atom stereocenters. The monoisotopic (exact) mass is 292 g/mol. The largest absolute Gasteiger partial charge is 0.375 e. The van der Waals surface area contributed by atoms with Crippen molar-refractivity contribution >= 4 is 28.4 Å². The molecule has 2 aromatic rings. The minimum atomic E-state index is 0.116. The number of hydrogen-bond acceptors (Lipinski definition) is 2. The molecule has 2 heterocycles. The van der Waals surface area contributed by atoms with Crippen LogP contribution in [0.2, 0.25) is 5.02 Å². The van der Waals surface area contributed by atoms with Gasteiger partial charge in [-0.25, -0.2) is 0 Å². The Morgan fingerprint density at radius 2 is 2.40 bits per heavy atom. The molecule has 0 bridgehead atoms. The number of hydrogen-bond donors (Lipinski definition) is 1. The van der Waals surface area contributed by atoms with Crippen LogP contribution in [0.4, 0.5) is 0 Å². The molecule has 0 aliphatic carbocycles. The van der Waals surface area contributed by atoms with Crippen molar-refractivity contribution in [2.45, 2.75) is 19.4 Å². The van der Waals surface area contributed by atoms with Crippen LogP contribution in [0, 0.1) is 0 Å². The van der Waals surface area contributed by atoms with Gasteiger partial charge in [-0.3, -0.25) is 4.79 Å². The fraction of sp³-hybridized carbons (Fsp3) is 0.400. The molecule has 0 radical (unpaired) electrons. The van der Waals surface area contributed by atoms with Gasteiger partial charge in [0, 0.05) is 35.2 Å². The Kier molecular flexibility index (Phi) is 3.68. The summed E-state index contributed by atoms with van der Waals surface area (Å²) in [5, 5.41) is 1.71. The number of fused-ring (bicyclic) bond motifs is 1. The summed E-state index contributed by atoms with van der Waals surface area (Å²) < 4.78 is 5.46. The summed E-state index contributed by atoms with van der Waals surface area (Å²) >= 11 is 6.03. The first-order chi connectivity index (χ1) is 9.63. The third-order valence-corrected chi connectivity index (χ3v) is 3.90. The molecule has 1 aliphatic rings. The highest BCUT2D eigenvalue weighted by Gasteiger charge is 2.22. The number of aromatic amines is 1. The van der Waals surface area contributed by atoms with E-state index in [0.29, 0.717) is 31.1 Å². The highest BCUT2D eigenvalue weighted by atomic mass is 35.5. The minimum Gasteiger partial charge on any atom is -0.375 e. The number of benzene rings is 1. The first kappa shape index (κ1) is 13.5. The van der Waals surface area contributed by atoms with Crippen LogP contribution in [-0.4, -0.2) is 41.6 Å². The number of ether oxygens (including phenoxy) is 1. The molecular formula is C15H17ClN2O2. The fourth-order valence-electron chi connectivity index (χ4n) is 2.62. The first-order valence-electron chi connectivity index (χ1n) is 6.78. The van der Waals surface area contributed by atoms with Crippen molar-refractivity contribution in [1.82, 2.24) is 9.88 Å². The second-order valence-corrected chi connectivity index (χ2v) is 5.64. The number of H-pyrrole nitrogens is 1. The quantitative estimate of drug-likeness (QED) is 0.925. The lowest BCUT2D eigenvalue weighted by Gasteiger charge is -2.31. The van der Waals surface area contributed by atoms with Gasteiger partial charge < -0.3 is 14.6 Å². The van der Waals surface area contributed by atoms with Crippen molar-refractivity contribution in [1.29, 1.82) is 0 Å². The lowest BCUT2D eigenvalue weighted by atomic mass is 10.1. The van der Waals surface area contributed by atoms with Gasteiger partial charge in [-0.2, -0.15) is 0 Å². The third-order valence-electron chi connectivity index (χ3n) is 3.66. The molecule has 1 aromatic carbocycles. The molecule has 106 valence electrons. The molecule has 0 spiro atoms. The van der Waals surface area contributed by atoms with E-state index in [4.69, 9.17) is 16.3 Å². The maximum atomic E-state index is 12.4. The van der Waals surface area contributed by atoms with Crippen molar-refractivity contribution in [3.05, 3.63) is 35.0 Å². The Hall–Kier alpha value is -1.52. The summed E-state index contributed by atoms with van der Waals surface area (Å²) in [6.45, 7) is 3.95. The summed E-state index contributed by atoms with van der Waals surface area (Å²) in [5.74, 6) is 0.140. The maximum Gasteiger partial charge on any atom is 0.227 e. The number of aromatic nitrogens is 1. The van der Waals surface area contributed by atoms with Gasteiger partial charge in [0.15, 0.2) is 0 Å². The molecule has 0 saturated carbocycles. The Labute approximate surface area is 122 Å². The van der Waals surface area contributed by atoms with Crippen LogP contribution in [0.25, 0.3) is 10.9 Å². The second kappa shape index (κ2) is 5.46. The number of morpholine rings is 1. The van der Waals surface area contributed by atoms with Crippen LogP contribution in [0.5, 0.6) is 0 Å². The van der Waals surface area contributed by atoms with Gasteiger partial charge in [-0.15, -0.1) is 0 Å². The van der Waals surface area contributed by atoms with Gasteiger partial charge in [0.25, 0.3) is 0 Å². The Morgan fingerprint density at radius 3 is 3.20 bits per heavy atom. The van der Waals surface area contributed by atoms with Gasteiger partial charge in [0.1, 0.15) is 0 Å². The molecule has 1 aromatic heterocycles. The van der Waals surface area contributed by atoms with Crippen molar-refractivity contribution < 1.29 is 9.53 Å². The maximum absolute atomic E-state index is 12.4. The molecule has 3 rings (SSSR count). The molecule has 1 N–H and O–H groups in total. The van der Waals surface area contributed by atoms with Crippen molar-refractivity contribution in [2.24, 2.45) is 0 Å². The van der Waals surface area contributed by atoms with Gasteiger partial charge in [-0.1, -0.05) is 11.6 Å². The molecule has 20 heavy (non-hydrogen) atoms. The minimum absolute atomic E-state index is 0.116. The number of rotatable bonds is 2. The molecular weight excluding hydrogens is 276 g/mol. The van der Waals surface area contributed by atoms with E-state index in [0.717, 1.165) is 16.5 Å². The second-order valence-electron chi connectivity index (χ2n) is 5.20. The van der Waals surface area contributed by atoms with Gasteiger partial charge in [0.05, 0.1) is 19.1 Å². The molecule has 4 nitrogen and oxygen atoms in total. The SMILES string of the molecule is CC1CN(C(=O)Cc2c[nH]c3ccc(Cl)cc23)CCO1. The highest BCUT2D eigenvalue weighted by Crippen LogP contribution is 2.23. The van der Waals surface area contributed by atoms with Gasteiger partial charge >= 0.3 is 0 Å². The van der Waals surface area contributed by atoms with E-state index in [1.165, 1.54) is 0 Å². The van der Waals surface area contributed by atoms with Crippen LogP contribution in [0.15, 0.2) is 24.4 Å². The first-order valence-corrected chi connectivity index (χ1v) is 7.16. The van der Waals surface area contributed by atoms with E-state index in [1.54, 1.807) is 0 Å². The van der Waals surface area contributed by atoms with Crippen LogP contribution in [-0.2, 0) is 16.0 Å². The van der Waals surface area contributed by atoms with Crippen molar-refractivity contribution in [3.8, 4) is 0 Å². The predicted octanol–water partition coefficient (Wildman–Crippen LogP) is 2.61. The van der Waals surface area contributed by atoms with Crippen LogP contribution in [0.1, 0.15) is 12.5 Å². The summed E-state index contributed by atoms with van der Waals surface area (Å²) in [5.41, 5.74) is 2.00. The summed E-state index contributed by atoms with van der Waals surface area (Å²) in [6, 6.07) is 5.68. The third kappa shape index (κ3) is 2.67. The van der Waals surface area contributed by atoms with Crippen LogP contribution >= 0.6 is 11.6 Å². The lowest BCUT2D eigenvalue weighted by molar-refractivity contribution is -0.137. The Bertz CT molecular complexity index is 638. The molecule has 1 saturated heterocycles. The topological polar surface area (TPSA) is 45.3 Å². The van der Waals surface area contributed by atoms with Crippen molar-refractivity contribution in [2.75, 3.05) is 19.7 Å². The number of nitrogens with one attached hydrogen (secondary N) is 1. The highest BCUT2D eigenvalue weighted by molar-refractivity contribution is 6.31. The predicted molar refractivity (Wildman–Crippen MR) is 79.0 cm³/mol. The number of carbonyl (C=O) groups is 1. The Morgan fingerprint density at radius 1 is 1.55 bits per heavy atom. The number of carbonyl (C=O) groups excluding carboxylic acids is 1. The fourth-order valence-corrected chi connectivity index (χ4v) is 2.79. The van der Waals surface area contributed by atoms with Gasteiger partial charge in [-0.05, 0) is 30.7 Å². The van der Waals surface area contributed by atoms with E-state index < -0.39 is 0 Å². The normalized spacial score (nSPS) is 19.5. The average molecular weight is 293 g/mol. The standard InChI is InChI=1S/C15H17ClN2O2/c1-10-9-18(4-5-20-10)15(19)6-11-8-17-14-3-2-12(16)7-13(11)14/h2-3,7-8,10,17H,4-6,9H2,1H3. The van der Waals surface area contributed by atoms with Gasteiger partial charge in [0.2, 0.25) is 5.91 Å². The molecule has 1 fully saturated rings. The zero-order valence-corrected chi connectivity index (χ0v) is 12.1. The zero-order chi connectivity index (χ0) is 14.1. The van der Waals surface area contributed by atoms with Crippen LogP contribution < -0.4 is 0 Å². The van der Waals surface area contributed by atoms with E-state index in [-0.39, 0.29) is 12.0 Å². The summed E-state index contributed by atoms with van der Waals surface area (Å²) in [4.78, 5) is 17.4. The number of halogens is 1. The molecule has 1 aliphatic heterocycles. The van der Waals surface area contributed by atoms with Crippen LogP contribution in [0.3, 0.4) is 0 Å². The smallest absolute Gasteiger partial charge is 0.227 e. The zero-order valence-electron chi connectivity index (χ0n) is 11.4. The van der Waals surface area contributed by atoms with E-state index in [9.17, 15) is 4.79 Å². The summed E-state index contributed by atoms with van der Waals surface area (Å²) in [7, 11) is 0. The molecule has 1 unspecified atom stereocenters. The van der Waals surface area contributed by atoms with Crippen molar-refractivity contribution in [3.63, 3.8) is 0 Å². The van der Waals surface area contributed by atoms with E-state index in [1.807, 2.05) is 36.2 Å². The lowest BCUT2D eigenvalue weighted by Crippen LogP contribution is -2.45. The Balaban J connectivity index is 1.78. The average Bonchev–Trinajstić information content (AvgIpc) is 2.81. The summed E-state index contributed by atoms with van der Waals surface area (Å²) in [6.07, 6.45) is 2.40. The number of amides is 1.